The number of halogens is 3. The molecule has 10 atom stereocenters. The highest BCUT2D eigenvalue weighted by Crippen LogP contribution is 2.52. The van der Waals surface area contributed by atoms with Gasteiger partial charge in [-0.3, -0.25) is 38.4 Å². The zero-order valence-electron chi connectivity index (χ0n) is 88.6. The number of hydrogen-bond acceptors (Lipinski definition) is 29. The van der Waals surface area contributed by atoms with Crippen LogP contribution >= 0.6 is 70.4 Å². The van der Waals surface area contributed by atoms with Crippen LogP contribution in [0.5, 0.6) is 11.5 Å². The van der Waals surface area contributed by atoms with Gasteiger partial charge in [0.05, 0.1) is 52.7 Å². The Bertz CT molecular complexity index is 4680. The molecule has 4 aromatic carbocycles. The molecular formula is C100H155ClF2N10O21P2S4. The smallest absolute Gasteiger partial charge is 0.455 e. The maximum Gasteiger partial charge on any atom is 0.455 e. The summed E-state index contributed by atoms with van der Waals surface area (Å²) in [6, 6.07) is 37.0. The number of unbranched alkanes of at least 4 members (excludes halogenated alkanes) is 2. The van der Waals surface area contributed by atoms with E-state index in [2.05, 4.69) is 158 Å². The van der Waals surface area contributed by atoms with Gasteiger partial charge in [0, 0.05) is 129 Å². The highest BCUT2D eigenvalue weighted by molar-refractivity contribution is 8.77. The van der Waals surface area contributed by atoms with Crippen molar-refractivity contribution in [1.29, 1.82) is 2.86 Å². The summed E-state index contributed by atoms with van der Waals surface area (Å²) < 4.78 is 117. The van der Waals surface area contributed by atoms with Crippen molar-refractivity contribution in [3.8, 4) is 24.3 Å². The van der Waals surface area contributed by atoms with Crippen LogP contribution in [0.15, 0.2) is 143 Å². The number of carbonyl (C=O) groups excluding carboxylic acids is 4. The molecule has 8 N–H and O–H groups in total. The van der Waals surface area contributed by atoms with E-state index < -0.39 is 88.5 Å². The number of aliphatic hydroxyl groups is 4. The van der Waals surface area contributed by atoms with E-state index in [1.807, 2.05) is 104 Å². The summed E-state index contributed by atoms with van der Waals surface area (Å²) >= 11 is 6.02. The topological polar surface area (TPSA) is 375 Å². The Morgan fingerprint density at radius 2 is 1.03 bits per heavy atom. The number of benzene rings is 4. The predicted molar refractivity (Wildman–Crippen MR) is 561 cm³/mol. The van der Waals surface area contributed by atoms with E-state index in [-0.39, 0.29) is 95.5 Å². The van der Waals surface area contributed by atoms with Gasteiger partial charge in [-0.1, -0.05) is 167 Å². The van der Waals surface area contributed by atoms with E-state index in [0.29, 0.717) is 69.3 Å². The first-order chi connectivity index (χ1) is 68.7. The van der Waals surface area contributed by atoms with Crippen LogP contribution in [0.4, 0.5) is 25.2 Å². The van der Waals surface area contributed by atoms with Gasteiger partial charge in [-0.15, -0.1) is 12.8 Å². The van der Waals surface area contributed by atoms with Crippen LogP contribution in [0.1, 0.15) is 252 Å². The van der Waals surface area contributed by atoms with Gasteiger partial charge < -0.3 is 78.6 Å². The summed E-state index contributed by atoms with van der Waals surface area (Å²) in [5, 5.41) is 36.3. The van der Waals surface area contributed by atoms with Crippen molar-refractivity contribution in [2.45, 2.75) is 310 Å². The van der Waals surface area contributed by atoms with Crippen LogP contribution in [-0.4, -0.2) is 225 Å². The minimum atomic E-state index is -1.89. The number of para-hydroxylation sites is 2. The van der Waals surface area contributed by atoms with Crippen LogP contribution in [0.2, 0.25) is 0 Å². The lowest BCUT2D eigenvalue weighted by Gasteiger charge is -2.39. The maximum atomic E-state index is 16.4. The second-order valence-electron chi connectivity index (χ2n) is 35.6. The van der Waals surface area contributed by atoms with Gasteiger partial charge in [-0.2, -0.15) is 9.97 Å². The number of amides is 4. The molecule has 4 aliphatic rings. The molecule has 0 bridgehead atoms. The van der Waals surface area contributed by atoms with Gasteiger partial charge >= 0.3 is 17.5 Å². The molecule has 0 saturated carbocycles. The van der Waals surface area contributed by atoms with Gasteiger partial charge in [0.15, 0.2) is 49.7 Å². The number of carbonyl (C=O) groups is 4. The number of nitrogens with one attached hydrogen (secondary N) is 4. The van der Waals surface area contributed by atoms with E-state index in [1.54, 1.807) is 76.2 Å². The minimum absolute atomic E-state index is 0.00650. The van der Waals surface area contributed by atoms with E-state index in [9.17, 15) is 38.3 Å². The standard InChI is InChI=1S/C48H71FN5O9PS2.C25H41NO4S2.C16H16FN3O6.C7H17ClNP.C2H2.2CH4O/c1-10-48(11-2)31-59-45(60-32-48)37-21-19-36(20-22-37)29-50-40(55)23-25-47(8,9)66-65-28-16-15-27-61-64(54(33(3)4)34(5)6)63-43-35(7)62-44(42(43)49)53-26-24-39(52-46(53)57)51-41(56)30-58-38-17-13-12-14-18-38;1-5-25(6-2)18-29-23(30-19-25)21-11-9-20(10-12-21)17-26-22(28)13-14-24(3,4)32-31-16-8-7-15-27;1-9-13(21)12(17)14(24-9)20-8-7-11(18-15(20)22)19-16(23)26-25-10-5-3-2-4-6-10;1-6(2)9(7(3)4)10(5)8;3*1-2/h12-14,17-22,24,26,33-35,42-45H,10-11,15-16,23,25,27-32H2,1-9H3,(H,50,55)(H,51,52,56,57);9-12,23,27H,5-8,13-19H2,1-4H3,(H,26,28);2-9,12-14,21H,1H3,(H,18,19,22,23);6-7H,1-5H3;1-2H;2*2H,1H3/t35-,42?,43+,44-,64?;;9-,12?,13+,14-;;;;/m1.1..../s1/i7D;;1D;;;2*2T. The molecule has 4 fully saturated rings. The third kappa shape index (κ3) is 43.5. The van der Waals surface area contributed by atoms with Crippen LogP contribution in [0.3, 0.4) is 0 Å². The number of nitrogens with zero attached hydrogens (tertiary/aromatic N) is 6. The van der Waals surface area contributed by atoms with Gasteiger partial charge in [-0.05, 0) is 215 Å². The zero-order valence-corrected chi connectivity index (χ0v) is 90.4. The van der Waals surface area contributed by atoms with Gasteiger partial charge in [0.2, 0.25) is 14.7 Å². The number of aromatic nitrogens is 4. The van der Waals surface area contributed by atoms with Crippen molar-refractivity contribution < 1.29 is 103 Å². The summed E-state index contributed by atoms with van der Waals surface area (Å²) in [7, 11) is 7.58. The van der Waals surface area contributed by atoms with Gasteiger partial charge in [0.1, 0.15) is 29.6 Å². The molecule has 786 valence electrons. The Morgan fingerprint density at radius 1 is 0.614 bits per heavy atom. The first-order valence-electron chi connectivity index (χ1n) is 49.4. The molecule has 40 heteroatoms. The number of rotatable bonds is 47. The molecule has 6 aromatic rings. The lowest BCUT2D eigenvalue weighted by Crippen LogP contribution is -2.38. The lowest BCUT2D eigenvalue weighted by molar-refractivity contribution is -0.235. The van der Waals surface area contributed by atoms with Crippen molar-refractivity contribution in [2.75, 3.05) is 89.3 Å². The molecule has 2 aromatic heterocycles. The SMILES string of the molecule is C#C.CC(C)N(C(C)C)P(C)Cl.CCC1(CC)COC(c2ccc(CNC(=O)CCC(C)(C)SSCCCCO)cc2)OC1.[2H]C[C@H]1O[C@@H](n2ccc(NC(=O)COc3ccccc3)nc2=O)C(F)[C@H]1OP(OCCCCSSC(C)(C)CCC(=O)NCc1ccc(C2OCC(CC)(CC)CO2)cc1)N(C(C)C)C(C)C.[2H]C[C@H]1O[C@@H](n2ccc(NC(=O)OOc3ccccc3)nc2=O)C(F)[C@H]1O.[3H]OC.[3H]OC. The first-order valence-corrected chi connectivity index (χ1v) is 55.6. The second kappa shape index (κ2) is 66.4. The van der Waals surface area contributed by atoms with E-state index in [4.69, 9.17) is 69.0 Å². The molecule has 0 aliphatic carbocycles. The van der Waals surface area contributed by atoms with Crippen molar-refractivity contribution in [3.63, 3.8) is 0 Å². The monoisotopic (exact) mass is 2100 g/mol. The summed E-state index contributed by atoms with van der Waals surface area (Å²) in [5.41, 5.74) is 2.59. The molecule has 0 radical (unpaired) electrons. The van der Waals surface area contributed by atoms with Crippen LogP contribution < -0.4 is 42.3 Å². The van der Waals surface area contributed by atoms with Crippen molar-refractivity contribution >= 4 is 106 Å². The van der Waals surface area contributed by atoms with Gasteiger partial charge in [-0.25, -0.2) is 32.7 Å². The Balaban J connectivity index is 0.000000461. The maximum absolute atomic E-state index is 16.4. The molecule has 0 spiro atoms. The van der Waals surface area contributed by atoms with Crippen molar-refractivity contribution in [2.24, 2.45) is 10.8 Å². The van der Waals surface area contributed by atoms with Crippen molar-refractivity contribution in [1.82, 2.24) is 39.1 Å². The number of terminal acetylenes is 1. The number of hydrogen-bond donors (Lipinski definition) is 8. The summed E-state index contributed by atoms with van der Waals surface area (Å²) in [6.07, 6.45) is 7.78. The summed E-state index contributed by atoms with van der Waals surface area (Å²) in [4.78, 5) is 91.3. The fourth-order valence-electron chi connectivity index (χ4n) is 14.4. The fraction of sp³-hybridized carbons (Fsp3) is 0.620. The number of alkyl halides is 2. The number of ether oxygens (including phenoxy) is 7. The fourth-order valence-corrected chi connectivity index (χ4v) is 23.9. The average molecular weight is 2100 g/mol. The summed E-state index contributed by atoms with van der Waals surface area (Å²) in [6.45, 7) is 39.9. The highest BCUT2D eigenvalue weighted by atomic mass is 35.7. The van der Waals surface area contributed by atoms with Gasteiger partial charge in [0.25, 0.3) is 14.4 Å². The summed E-state index contributed by atoms with van der Waals surface area (Å²) in [5.74, 6) is 2.14. The molecule has 4 saturated heterocycles. The van der Waals surface area contributed by atoms with E-state index in [0.717, 1.165) is 127 Å². The second-order valence-corrected chi connectivity index (χ2v) is 46.1. The zero-order chi connectivity index (χ0) is 107. The Hall–Kier alpha value is -6.67. The van der Waals surface area contributed by atoms with Crippen LogP contribution in [0, 0.1) is 23.7 Å². The Morgan fingerprint density at radius 3 is 1.42 bits per heavy atom. The molecule has 4 aliphatic heterocycles. The lowest BCUT2D eigenvalue weighted by atomic mass is 9.83. The molecule has 4 amide bonds. The van der Waals surface area contributed by atoms with Crippen LogP contribution in [-0.2, 0) is 69.8 Å². The average Bonchev–Trinajstić information content (AvgIpc) is 1.59. The largest absolute Gasteiger partial charge is 0.484 e. The van der Waals surface area contributed by atoms with Crippen LogP contribution in [0.25, 0.3) is 0 Å². The third-order valence-corrected chi connectivity index (χ3v) is 33.8. The molecule has 31 nitrogen and oxygen atoms in total. The Kier molecular flexibility index (Phi) is 56.3. The normalized spacial score (nSPS) is 19.7. The number of aliphatic hydroxyl groups excluding tert-OH is 4. The van der Waals surface area contributed by atoms with Crippen molar-refractivity contribution in [3.05, 3.63) is 177 Å². The quantitative estimate of drug-likeness (QED) is 0.00439. The highest BCUT2D eigenvalue weighted by Gasteiger charge is 2.49. The third-order valence-electron chi connectivity index (χ3n) is 22.8. The first kappa shape index (κ1) is 119. The Labute approximate surface area is 857 Å². The van der Waals surface area contributed by atoms with E-state index >= 15 is 4.39 Å². The van der Waals surface area contributed by atoms with E-state index in [1.165, 1.54) is 32.5 Å². The molecule has 6 heterocycles. The molecule has 10 rings (SSSR count). The molecule has 4 unspecified atom stereocenters. The molecular weight excluding hydrogens is 1940 g/mol. The molecule has 140 heavy (non-hydrogen) atoms. The predicted octanol–water partition coefficient (Wildman–Crippen LogP) is 20.2. The minimum Gasteiger partial charge on any atom is -0.484 e. The number of anilines is 2.